The number of halogens is 1. The number of hydrogen-bond acceptors (Lipinski definition) is 7. The molecular formula is C29H26ClN3O6. The van der Waals surface area contributed by atoms with Gasteiger partial charge in [-0.05, 0) is 67.9 Å². The number of nitrogens with one attached hydrogen (secondary N) is 2. The van der Waals surface area contributed by atoms with Crippen molar-refractivity contribution in [2.45, 2.75) is 20.3 Å². The number of carbonyl (C=O) groups is 4. The highest BCUT2D eigenvalue weighted by molar-refractivity contribution is 6.53. The van der Waals surface area contributed by atoms with Crippen LogP contribution >= 0.6 is 11.6 Å². The fourth-order valence-corrected chi connectivity index (χ4v) is 4.13. The van der Waals surface area contributed by atoms with Gasteiger partial charge in [0.2, 0.25) is 5.91 Å². The van der Waals surface area contributed by atoms with E-state index in [4.69, 9.17) is 21.1 Å². The Morgan fingerprint density at radius 3 is 2.23 bits per heavy atom. The molecule has 0 atom stereocenters. The first-order valence-electron chi connectivity index (χ1n) is 12.3. The maximum absolute atomic E-state index is 13.0. The van der Waals surface area contributed by atoms with Crippen molar-refractivity contribution in [1.82, 2.24) is 0 Å². The molecule has 0 saturated carbocycles. The van der Waals surface area contributed by atoms with E-state index in [1.807, 2.05) is 6.92 Å². The molecule has 0 fully saturated rings. The standard InChI is InChI=1S/C29H26ClN3O6/c1-3-38-21-15-13-20(14-16-21)33-27(35)25(30)26(28(33)36)31-19-11-9-18(10-12-19)17-24(34)32-23-8-6-5-7-22(23)29(37)39-4-2/h5-16,31H,3-4,17H2,1-2H3,(H,32,34). The smallest absolute Gasteiger partial charge is 0.340 e. The Hall–Kier alpha value is -4.63. The Balaban J connectivity index is 1.40. The van der Waals surface area contributed by atoms with Crippen molar-refractivity contribution < 1.29 is 28.7 Å². The third-order valence-corrected chi connectivity index (χ3v) is 6.07. The summed E-state index contributed by atoms with van der Waals surface area (Å²) in [5.74, 6) is -1.43. The van der Waals surface area contributed by atoms with Crippen LogP contribution in [0.25, 0.3) is 0 Å². The molecule has 3 amide bonds. The minimum atomic E-state index is -0.635. The summed E-state index contributed by atoms with van der Waals surface area (Å²) in [6.07, 6.45) is 0.0455. The number of nitrogens with zero attached hydrogens (tertiary/aromatic N) is 1. The van der Waals surface area contributed by atoms with Gasteiger partial charge in [-0.3, -0.25) is 14.4 Å². The van der Waals surface area contributed by atoms with Crippen LogP contribution in [0, 0.1) is 0 Å². The SMILES string of the molecule is CCOC(=O)c1ccccc1NC(=O)Cc1ccc(NC2=C(Cl)C(=O)N(c3ccc(OCC)cc3)C2=O)cc1. The Bertz CT molecular complexity index is 1430. The van der Waals surface area contributed by atoms with Crippen molar-refractivity contribution in [3.05, 3.63) is 94.7 Å². The van der Waals surface area contributed by atoms with E-state index in [1.165, 1.54) is 0 Å². The summed E-state index contributed by atoms with van der Waals surface area (Å²) in [6.45, 7) is 4.29. The first-order chi connectivity index (χ1) is 18.8. The molecule has 1 aliphatic rings. The number of benzene rings is 3. The molecule has 0 unspecified atom stereocenters. The van der Waals surface area contributed by atoms with Gasteiger partial charge in [0, 0.05) is 5.69 Å². The van der Waals surface area contributed by atoms with Gasteiger partial charge in [-0.15, -0.1) is 0 Å². The molecule has 9 nitrogen and oxygen atoms in total. The molecule has 0 bridgehead atoms. The number of esters is 1. The first kappa shape index (κ1) is 27.4. The molecule has 1 aliphatic heterocycles. The molecule has 2 N–H and O–H groups in total. The molecule has 39 heavy (non-hydrogen) atoms. The largest absolute Gasteiger partial charge is 0.494 e. The fourth-order valence-electron chi connectivity index (χ4n) is 3.91. The molecule has 0 radical (unpaired) electrons. The van der Waals surface area contributed by atoms with Crippen LogP contribution in [0.4, 0.5) is 17.1 Å². The zero-order chi connectivity index (χ0) is 27.9. The lowest BCUT2D eigenvalue weighted by molar-refractivity contribution is -0.120. The van der Waals surface area contributed by atoms with E-state index >= 15 is 0 Å². The van der Waals surface area contributed by atoms with E-state index in [0.29, 0.717) is 35.0 Å². The summed E-state index contributed by atoms with van der Waals surface area (Å²) < 4.78 is 10.4. The van der Waals surface area contributed by atoms with Crippen molar-refractivity contribution in [3.63, 3.8) is 0 Å². The average molecular weight is 548 g/mol. The summed E-state index contributed by atoms with van der Waals surface area (Å²) in [5, 5.41) is 5.43. The Morgan fingerprint density at radius 1 is 0.872 bits per heavy atom. The van der Waals surface area contributed by atoms with Gasteiger partial charge in [0.15, 0.2) is 0 Å². The number of anilines is 3. The van der Waals surface area contributed by atoms with E-state index < -0.39 is 17.8 Å². The van der Waals surface area contributed by atoms with Gasteiger partial charge in [0.25, 0.3) is 11.8 Å². The van der Waals surface area contributed by atoms with Crippen LogP contribution in [0.5, 0.6) is 5.75 Å². The second kappa shape index (κ2) is 12.3. The van der Waals surface area contributed by atoms with Crippen LogP contribution in [-0.4, -0.2) is 36.9 Å². The zero-order valence-corrected chi connectivity index (χ0v) is 22.1. The van der Waals surface area contributed by atoms with Gasteiger partial charge < -0.3 is 20.1 Å². The van der Waals surface area contributed by atoms with Crippen molar-refractivity contribution in [2.75, 3.05) is 28.7 Å². The topological polar surface area (TPSA) is 114 Å². The molecule has 0 saturated heterocycles. The Morgan fingerprint density at radius 2 is 1.56 bits per heavy atom. The third kappa shape index (κ3) is 6.27. The van der Waals surface area contributed by atoms with E-state index in [-0.39, 0.29) is 35.2 Å². The molecule has 0 spiro atoms. The molecular weight excluding hydrogens is 522 g/mol. The molecule has 3 aromatic carbocycles. The maximum Gasteiger partial charge on any atom is 0.340 e. The van der Waals surface area contributed by atoms with Crippen molar-refractivity contribution in [1.29, 1.82) is 0 Å². The lowest BCUT2D eigenvalue weighted by Crippen LogP contribution is -2.32. The number of rotatable bonds is 10. The predicted octanol–water partition coefficient (Wildman–Crippen LogP) is 4.88. The number of carbonyl (C=O) groups excluding carboxylic acids is 4. The quantitative estimate of drug-likeness (QED) is 0.275. The van der Waals surface area contributed by atoms with Crippen LogP contribution in [0.3, 0.4) is 0 Å². The van der Waals surface area contributed by atoms with Gasteiger partial charge in [-0.2, -0.15) is 0 Å². The molecule has 200 valence electrons. The molecule has 0 aliphatic carbocycles. The van der Waals surface area contributed by atoms with Gasteiger partial charge in [0.05, 0.1) is 36.6 Å². The number of ether oxygens (including phenoxy) is 2. The molecule has 0 aromatic heterocycles. The van der Waals surface area contributed by atoms with Gasteiger partial charge >= 0.3 is 5.97 Å². The van der Waals surface area contributed by atoms with Gasteiger partial charge in [0.1, 0.15) is 16.5 Å². The maximum atomic E-state index is 13.0. The van der Waals surface area contributed by atoms with Crippen molar-refractivity contribution in [2.24, 2.45) is 0 Å². The second-order valence-corrected chi connectivity index (χ2v) is 8.75. The number of imide groups is 1. The van der Waals surface area contributed by atoms with Gasteiger partial charge in [-0.25, -0.2) is 9.69 Å². The number of amides is 3. The summed E-state index contributed by atoms with van der Waals surface area (Å²) in [7, 11) is 0. The first-order valence-corrected chi connectivity index (χ1v) is 12.6. The van der Waals surface area contributed by atoms with E-state index in [0.717, 1.165) is 4.90 Å². The summed E-state index contributed by atoms with van der Waals surface area (Å²) in [4.78, 5) is 51.5. The third-order valence-electron chi connectivity index (χ3n) is 5.72. The highest BCUT2D eigenvalue weighted by Gasteiger charge is 2.39. The highest BCUT2D eigenvalue weighted by Crippen LogP contribution is 2.31. The normalized spacial score (nSPS) is 12.9. The molecule has 1 heterocycles. The van der Waals surface area contributed by atoms with Crippen molar-refractivity contribution in [3.8, 4) is 5.75 Å². The Labute approximate surface area is 230 Å². The minimum Gasteiger partial charge on any atom is -0.494 e. The van der Waals surface area contributed by atoms with Crippen LogP contribution in [0.2, 0.25) is 0 Å². The van der Waals surface area contributed by atoms with E-state index in [2.05, 4.69) is 10.6 Å². The lowest BCUT2D eigenvalue weighted by Gasteiger charge is -2.15. The molecule has 4 rings (SSSR count). The minimum absolute atomic E-state index is 0.0448. The molecule has 10 heteroatoms. The summed E-state index contributed by atoms with van der Waals surface area (Å²) in [6, 6.07) is 19.9. The van der Waals surface area contributed by atoms with Crippen molar-refractivity contribution >= 4 is 52.4 Å². The number of hydrogen-bond donors (Lipinski definition) is 2. The predicted molar refractivity (Wildman–Crippen MR) is 148 cm³/mol. The van der Waals surface area contributed by atoms with E-state index in [9.17, 15) is 19.2 Å². The van der Waals surface area contributed by atoms with Crippen LogP contribution < -0.4 is 20.3 Å². The van der Waals surface area contributed by atoms with Gasteiger partial charge in [-0.1, -0.05) is 35.9 Å². The Kier molecular flexibility index (Phi) is 8.63. The monoisotopic (exact) mass is 547 g/mol. The zero-order valence-electron chi connectivity index (χ0n) is 21.3. The lowest BCUT2D eigenvalue weighted by atomic mass is 10.1. The summed E-state index contributed by atoms with van der Waals surface area (Å²) in [5.41, 5.74) is 2.16. The van der Waals surface area contributed by atoms with E-state index in [1.54, 1.807) is 79.7 Å². The van der Waals surface area contributed by atoms with Crippen LogP contribution in [-0.2, 0) is 25.5 Å². The number of para-hydroxylation sites is 1. The highest BCUT2D eigenvalue weighted by atomic mass is 35.5. The van der Waals surface area contributed by atoms with Crippen LogP contribution in [0.1, 0.15) is 29.8 Å². The van der Waals surface area contributed by atoms with Crippen LogP contribution in [0.15, 0.2) is 83.5 Å². The second-order valence-electron chi connectivity index (χ2n) is 8.37. The molecule has 3 aromatic rings. The summed E-state index contributed by atoms with van der Waals surface area (Å²) >= 11 is 6.23. The average Bonchev–Trinajstić information content (AvgIpc) is 3.13. The fraction of sp³-hybridized carbons (Fsp3) is 0.172.